The molecule has 0 bridgehead atoms. The summed E-state index contributed by atoms with van der Waals surface area (Å²) in [6.45, 7) is 2.09. The normalized spacial score (nSPS) is 13.2. The van der Waals surface area contributed by atoms with Gasteiger partial charge in [0.05, 0.1) is 0 Å². The molecule has 0 aromatic heterocycles. The monoisotopic (exact) mass is 345 g/mol. The van der Waals surface area contributed by atoms with Crippen LogP contribution in [-0.4, -0.2) is 17.1 Å². The average molecular weight is 345 g/mol. The van der Waals surface area contributed by atoms with Gasteiger partial charge < -0.3 is 5.11 Å². The van der Waals surface area contributed by atoms with E-state index in [0.717, 1.165) is 44.9 Å². The molecule has 1 unspecified atom stereocenters. The van der Waals surface area contributed by atoms with Crippen LogP contribution in [0.1, 0.15) is 64.7 Å². The maximum absolute atomic E-state index is 10.3. The van der Waals surface area contributed by atoms with Crippen molar-refractivity contribution < 1.29 is 9.90 Å². The number of nitrogens with zero attached hydrogens (tertiary/aromatic N) is 3. The molecule has 0 fully saturated rings. The van der Waals surface area contributed by atoms with Gasteiger partial charge in [0.2, 0.25) is 0 Å². The predicted octanol–water partition coefficient (Wildman–Crippen LogP) is 6.51. The van der Waals surface area contributed by atoms with E-state index in [2.05, 4.69) is 59.5 Å². The third kappa shape index (κ3) is 17.9. The smallest absolute Gasteiger partial charge is 0.303 e. The Hall–Kier alpha value is -2.26. The van der Waals surface area contributed by atoms with E-state index in [4.69, 9.17) is 10.6 Å². The van der Waals surface area contributed by atoms with Crippen LogP contribution in [0.4, 0.5) is 0 Å². The first kappa shape index (κ1) is 22.7. The lowest BCUT2D eigenvalue weighted by atomic mass is 10.1. The van der Waals surface area contributed by atoms with Crippen molar-refractivity contribution in [1.29, 1.82) is 0 Å². The van der Waals surface area contributed by atoms with Crippen molar-refractivity contribution in [3.05, 3.63) is 59.1 Å². The average Bonchev–Trinajstić information content (AvgIpc) is 2.58. The van der Waals surface area contributed by atoms with Crippen LogP contribution in [-0.2, 0) is 4.79 Å². The van der Waals surface area contributed by atoms with Crippen LogP contribution in [0.15, 0.2) is 53.7 Å². The van der Waals surface area contributed by atoms with Gasteiger partial charge in [-0.25, -0.2) is 0 Å². The Morgan fingerprint density at radius 2 is 1.60 bits per heavy atom. The second kappa shape index (κ2) is 18.1. The highest BCUT2D eigenvalue weighted by atomic mass is 16.4. The summed E-state index contributed by atoms with van der Waals surface area (Å²) >= 11 is 0. The molecule has 5 nitrogen and oxygen atoms in total. The van der Waals surface area contributed by atoms with Gasteiger partial charge in [-0.3, -0.25) is 4.79 Å². The fraction of sp³-hybridized carbons (Fsp3) is 0.550. The largest absolute Gasteiger partial charge is 0.481 e. The van der Waals surface area contributed by atoms with E-state index in [1.807, 2.05) is 6.08 Å². The van der Waals surface area contributed by atoms with E-state index in [9.17, 15) is 4.79 Å². The van der Waals surface area contributed by atoms with E-state index in [-0.39, 0.29) is 12.5 Å². The van der Waals surface area contributed by atoms with Crippen molar-refractivity contribution in [2.75, 3.05) is 0 Å². The van der Waals surface area contributed by atoms with Crippen molar-refractivity contribution in [3.63, 3.8) is 0 Å². The van der Waals surface area contributed by atoms with E-state index < -0.39 is 5.97 Å². The van der Waals surface area contributed by atoms with Crippen LogP contribution in [0.25, 0.3) is 10.4 Å². The lowest BCUT2D eigenvalue weighted by Gasteiger charge is -2.04. The maximum Gasteiger partial charge on any atom is 0.303 e. The maximum atomic E-state index is 10.3. The van der Waals surface area contributed by atoms with Crippen LogP contribution in [0, 0.1) is 0 Å². The first-order valence-corrected chi connectivity index (χ1v) is 9.06. The Morgan fingerprint density at radius 1 is 1.04 bits per heavy atom. The van der Waals surface area contributed by atoms with Crippen molar-refractivity contribution in [2.45, 2.75) is 70.8 Å². The molecule has 138 valence electrons. The number of rotatable bonds is 15. The molecule has 1 N–H and O–H groups in total. The minimum absolute atomic E-state index is 0.0790. The van der Waals surface area contributed by atoms with E-state index in [1.54, 1.807) is 0 Å². The quantitative estimate of drug-likeness (QED) is 0.121. The van der Waals surface area contributed by atoms with E-state index >= 15 is 0 Å². The molecule has 0 rings (SSSR count). The van der Waals surface area contributed by atoms with Gasteiger partial charge in [0.1, 0.15) is 0 Å². The molecule has 0 saturated heterocycles. The molecule has 1 atom stereocenters. The Balaban J connectivity index is 3.67. The molecular weight excluding hydrogens is 314 g/mol. The molecule has 5 heteroatoms. The number of carboxylic acid groups (broad SMARTS) is 1. The highest BCUT2D eigenvalue weighted by Crippen LogP contribution is 2.08. The lowest BCUT2D eigenvalue weighted by molar-refractivity contribution is -0.137. The number of unbranched alkanes of at least 4 members (excludes halogenated alkanes) is 1. The minimum atomic E-state index is -0.730. The number of azide groups is 1. The Bertz CT molecular complexity index is 501. The first-order chi connectivity index (χ1) is 12.2. The van der Waals surface area contributed by atoms with Crippen LogP contribution in [0.2, 0.25) is 0 Å². The minimum Gasteiger partial charge on any atom is -0.481 e. The molecular formula is C20H31N3O2. The molecule has 0 amide bonds. The molecule has 0 aliphatic carbocycles. The first-order valence-electron chi connectivity index (χ1n) is 9.06. The topological polar surface area (TPSA) is 86.1 Å². The SMILES string of the molecule is CCCC(C/C=C\C/C=C\C/C=C\C/C=C\CCCC(=O)O)N=[N+]=[N-]. The number of carbonyl (C=O) groups is 1. The Morgan fingerprint density at radius 3 is 2.12 bits per heavy atom. The number of allylic oxidation sites excluding steroid dienone is 7. The number of hydrogen-bond donors (Lipinski definition) is 1. The van der Waals surface area contributed by atoms with Crippen LogP contribution in [0.3, 0.4) is 0 Å². The summed E-state index contributed by atoms with van der Waals surface area (Å²) in [4.78, 5) is 13.2. The zero-order valence-corrected chi connectivity index (χ0v) is 15.3. The Kier molecular flexibility index (Phi) is 16.4. The summed E-state index contributed by atoms with van der Waals surface area (Å²) in [5.41, 5.74) is 8.49. The van der Waals surface area contributed by atoms with Gasteiger partial charge in [-0.2, -0.15) is 0 Å². The molecule has 0 spiro atoms. The third-order valence-electron chi connectivity index (χ3n) is 3.49. The summed E-state index contributed by atoms with van der Waals surface area (Å²) in [7, 11) is 0. The van der Waals surface area contributed by atoms with Gasteiger partial charge in [-0.05, 0) is 50.5 Å². The van der Waals surface area contributed by atoms with Gasteiger partial charge in [-0.15, -0.1) is 0 Å². The second-order valence-electron chi connectivity index (χ2n) is 5.76. The van der Waals surface area contributed by atoms with Crippen molar-refractivity contribution in [3.8, 4) is 0 Å². The number of aliphatic carboxylic acids is 1. The summed E-state index contributed by atoms with van der Waals surface area (Å²) in [6.07, 6.45) is 24.0. The highest BCUT2D eigenvalue weighted by molar-refractivity contribution is 5.66. The highest BCUT2D eigenvalue weighted by Gasteiger charge is 2.00. The molecule has 0 radical (unpaired) electrons. The number of carboxylic acids is 1. The van der Waals surface area contributed by atoms with Gasteiger partial charge in [-0.1, -0.05) is 67.1 Å². The van der Waals surface area contributed by atoms with Crippen molar-refractivity contribution in [1.82, 2.24) is 0 Å². The summed E-state index contributed by atoms with van der Waals surface area (Å²) in [5.74, 6) is -0.730. The fourth-order valence-corrected chi connectivity index (χ4v) is 2.18. The Labute approximate surface area is 151 Å². The molecule has 0 aliphatic rings. The van der Waals surface area contributed by atoms with Crippen LogP contribution >= 0.6 is 0 Å². The zero-order chi connectivity index (χ0) is 18.6. The van der Waals surface area contributed by atoms with E-state index in [1.165, 1.54) is 0 Å². The van der Waals surface area contributed by atoms with E-state index in [0.29, 0.717) is 6.42 Å². The van der Waals surface area contributed by atoms with Gasteiger partial charge in [0.15, 0.2) is 0 Å². The van der Waals surface area contributed by atoms with Gasteiger partial charge in [0.25, 0.3) is 0 Å². The van der Waals surface area contributed by atoms with Gasteiger partial charge in [0, 0.05) is 17.4 Å². The zero-order valence-electron chi connectivity index (χ0n) is 15.3. The fourth-order valence-electron chi connectivity index (χ4n) is 2.18. The lowest BCUT2D eigenvalue weighted by Crippen LogP contribution is -2.00. The van der Waals surface area contributed by atoms with Crippen molar-refractivity contribution in [2.24, 2.45) is 5.11 Å². The molecule has 0 saturated carbocycles. The summed E-state index contributed by atoms with van der Waals surface area (Å²) in [6, 6.07) is 0.0790. The van der Waals surface area contributed by atoms with Crippen LogP contribution in [0.5, 0.6) is 0 Å². The third-order valence-corrected chi connectivity index (χ3v) is 3.49. The number of hydrogen-bond acceptors (Lipinski definition) is 2. The predicted molar refractivity (Wildman–Crippen MR) is 104 cm³/mol. The van der Waals surface area contributed by atoms with Crippen LogP contribution < -0.4 is 0 Å². The molecule has 0 aromatic carbocycles. The van der Waals surface area contributed by atoms with Gasteiger partial charge >= 0.3 is 5.97 Å². The standard InChI is InChI=1S/C20H31N3O2/c1-2-16-19(22-23-21)17-14-12-10-8-6-4-3-5-7-9-11-13-15-18-20(24)25/h3,5-6,8-9,11-12,14,19H,2,4,7,10,13,15-18H2,1H3,(H,24,25)/b5-3-,8-6-,11-9-,14-12-. The molecule has 25 heavy (non-hydrogen) atoms. The molecule has 0 aliphatic heterocycles. The molecule has 0 aromatic rings. The summed E-state index contributed by atoms with van der Waals surface area (Å²) in [5, 5.41) is 12.3. The molecule has 0 heterocycles. The summed E-state index contributed by atoms with van der Waals surface area (Å²) < 4.78 is 0. The van der Waals surface area contributed by atoms with Crippen molar-refractivity contribution >= 4 is 5.97 Å². The second-order valence-corrected chi connectivity index (χ2v) is 5.76.